The van der Waals surface area contributed by atoms with Gasteiger partial charge >= 0.3 is 0 Å². The predicted octanol–water partition coefficient (Wildman–Crippen LogP) is 1.51. The van der Waals surface area contributed by atoms with Crippen molar-refractivity contribution in [3.05, 3.63) is 39.9 Å². The van der Waals surface area contributed by atoms with Crippen molar-refractivity contribution in [2.24, 2.45) is 5.92 Å². The first-order valence-electron chi connectivity index (χ1n) is 8.94. The molecule has 148 valence electrons. The third-order valence-electron chi connectivity index (χ3n) is 4.62. The lowest BCUT2D eigenvalue weighted by Crippen LogP contribution is -2.48. The number of amides is 2. The van der Waals surface area contributed by atoms with Gasteiger partial charge < -0.3 is 15.5 Å². The second kappa shape index (κ2) is 10.3. The molecule has 1 aromatic rings. The van der Waals surface area contributed by atoms with Crippen LogP contribution in [0.25, 0.3) is 0 Å². The SMILES string of the molecule is CNCC1CCN(C(=O)C(CCSC)NC(=O)c2cccc([N+](=O)[O-])c2)C1. The highest BCUT2D eigenvalue weighted by Crippen LogP contribution is 2.18. The predicted molar refractivity (Wildman–Crippen MR) is 106 cm³/mol. The zero-order chi connectivity index (χ0) is 19.8. The number of carbonyl (C=O) groups is 2. The molecule has 1 aliphatic rings. The van der Waals surface area contributed by atoms with E-state index in [9.17, 15) is 19.7 Å². The summed E-state index contributed by atoms with van der Waals surface area (Å²) in [4.78, 5) is 37.6. The maximum atomic E-state index is 12.9. The van der Waals surface area contributed by atoms with Crippen molar-refractivity contribution in [3.8, 4) is 0 Å². The molecule has 0 aliphatic carbocycles. The van der Waals surface area contributed by atoms with Gasteiger partial charge in [-0.25, -0.2) is 0 Å². The molecule has 1 fully saturated rings. The number of thioether (sulfide) groups is 1. The van der Waals surface area contributed by atoms with Gasteiger partial charge in [0.05, 0.1) is 4.92 Å². The monoisotopic (exact) mass is 394 g/mol. The van der Waals surface area contributed by atoms with E-state index < -0.39 is 16.9 Å². The Morgan fingerprint density at radius 1 is 1.44 bits per heavy atom. The topological polar surface area (TPSA) is 105 Å². The average molecular weight is 394 g/mol. The number of hydrogen-bond donors (Lipinski definition) is 2. The summed E-state index contributed by atoms with van der Waals surface area (Å²) < 4.78 is 0. The molecule has 0 aromatic heterocycles. The van der Waals surface area contributed by atoms with Gasteiger partial charge in [0.25, 0.3) is 11.6 Å². The van der Waals surface area contributed by atoms with Gasteiger partial charge in [-0.1, -0.05) is 6.07 Å². The fourth-order valence-corrected chi connectivity index (χ4v) is 3.68. The smallest absolute Gasteiger partial charge is 0.270 e. The van der Waals surface area contributed by atoms with E-state index in [1.54, 1.807) is 16.7 Å². The highest BCUT2D eigenvalue weighted by Gasteiger charge is 2.31. The number of non-ortho nitro benzene ring substituents is 1. The highest BCUT2D eigenvalue weighted by atomic mass is 32.2. The van der Waals surface area contributed by atoms with Crippen LogP contribution in [0.3, 0.4) is 0 Å². The van der Waals surface area contributed by atoms with E-state index in [0.717, 1.165) is 18.7 Å². The van der Waals surface area contributed by atoms with Crippen molar-refractivity contribution < 1.29 is 14.5 Å². The summed E-state index contributed by atoms with van der Waals surface area (Å²) in [5, 5.41) is 16.8. The molecule has 2 atom stereocenters. The van der Waals surface area contributed by atoms with Crippen LogP contribution in [0.1, 0.15) is 23.2 Å². The van der Waals surface area contributed by atoms with E-state index in [0.29, 0.717) is 25.4 Å². The number of nitro benzene ring substituents is 1. The summed E-state index contributed by atoms with van der Waals surface area (Å²) in [5.74, 6) is 0.609. The van der Waals surface area contributed by atoms with E-state index in [1.807, 2.05) is 13.3 Å². The molecule has 0 spiro atoms. The first kappa shape index (κ1) is 21.2. The number of rotatable bonds is 9. The molecule has 0 bridgehead atoms. The lowest BCUT2D eigenvalue weighted by molar-refractivity contribution is -0.384. The lowest BCUT2D eigenvalue weighted by atomic mass is 10.1. The lowest BCUT2D eigenvalue weighted by Gasteiger charge is -2.24. The van der Waals surface area contributed by atoms with E-state index in [2.05, 4.69) is 10.6 Å². The number of carbonyl (C=O) groups excluding carboxylic acids is 2. The third kappa shape index (κ3) is 5.93. The van der Waals surface area contributed by atoms with Crippen molar-refractivity contribution in [3.63, 3.8) is 0 Å². The molecule has 1 heterocycles. The minimum Gasteiger partial charge on any atom is -0.341 e. The maximum Gasteiger partial charge on any atom is 0.270 e. The quantitative estimate of drug-likeness (QED) is 0.486. The summed E-state index contributed by atoms with van der Waals surface area (Å²) >= 11 is 1.61. The molecular weight excluding hydrogens is 368 g/mol. The van der Waals surface area contributed by atoms with Gasteiger partial charge in [0.1, 0.15) is 6.04 Å². The summed E-state index contributed by atoms with van der Waals surface area (Å²) in [5.41, 5.74) is 0.0322. The minimum absolute atomic E-state index is 0.0820. The van der Waals surface area contributed by atoms with Crippen molar-refractivity contribution in [1.82, 2.24) is 15.5 Å². The Balaban J connectivity index is 2.07. The van der Waals surface area contributed by atoms with E-state index >= 15 is 0 Å². The molecule has 2 amide bonds. The van der Waals surface area contributed by atoms with Gasteiger partial charge in [-0.2, -0.15) is 11.8 Å². The van der Waals surface area contributed by atoms with Crippen molar-refractivity contribution in [1.29, 1.82) is 0 Å². The van der Waals surface area contributed by atoms with Crippen LogP contribution in [0.2, 0.25) is 0 Å². The van der Waals surface area contributed by atoms with Crippen LogP contribution in [0.15, 0.2) is 24.3 Å². The second-order valence-corrected chi connectivity index (χ2v) is 7.60. The molecule has 0 radical (unpaired) electrons. The first-order valence-corrected chi connectivity index (χ1v) is 10.3. The average Bonchev–Trinajstić information content (AvgIpc) is 3.13. The number of likely N-dealkylation sites (tertiary alicyclic amines) is 1. The van der Waals surface area contributed by atoms with Crippen molar-refractivity contribution in [2.75, 3.05) is 38.7 Å². The van der Waals surface area contributed by atoms with Crippen LogP contribution in [-0.2, 0) is 4.79 Å². The molecular formula is C18H26N4O4S. The number of nitro groups is 1. The Labute approximate surface area is 163 Å². The highest BCUT2D eigenvalue weighted by molar-refractivity contribution is 7.98. The van der Waals surface area contributed by atoms with E-state index in [1.165, 1.54) is 24.3 Å². The van der Waals surface area contributed by atoms with Crippen LogP contribution < -0.4 is 10.6 Å². The van der Waals surface area contributed by atoms with Crippen LogP contribution in [0.4, 0.5) is 5.69 Å². The summed E-state index contributed by atoms with van der Waals surface area (Å²) in [6, 6.07) is 4.91. The minimum atomic E-state index is -0.627. The van der Waals surface area contributed by atoms with Gasteiger partial charge in [-0.3, -0.25) is 19.7 Å². The molecule has 0 saturated carbocycles. The molecule has 27 heavy (non-hydrogen) atoms. The molecule has 2 N–H and O–H groups in total. The molecule has 1 aliphatic heterocycles. The molecule has 9 heteroatoms. The summed E-state index contributed by atoms with van der Waals surface area (Å²) in [7, 11) is 1.89. The van der Waals surface area contributed by atoms with Gasteiger partial charge in [-0.15, -0.1) is 0 Å². The number of benzene rings is 1. The zero-order valence-corrected chi connectivity index (χ0v) is 16.5. The van der Waals surface area contributed by atoms with Crippen LogP contribution >= 0.6 is 11.8 Å². The Kier molecular flexibility index (Phi) is 8.05. The molecule has 2 rings (SSSR count). The van der Waals surface area contributed by atoms with Gasteiger partial charge in [0, 0.05) is 30.8 Å². The molecule has 8 nitrogen and oxygen atoms in total. The Bertz CT molecular complexity index is 685. The Morgan fingerprint density at radius 2 is 2.22 bits per heavy atom. The van der Waals surface area contributed by atoms with Crippen molar-refractivity contribution >= 4 is 29.3 Å². The normalized spacial score (nSPS) is 17.6. The van der Waals surface area contributed by atoms with Crippen LogP contribution in [0, 0.1) is 16.0 Å². The Hall–Kier alpha value is -2.13. The third-order valence-corrected chi connectivity index (χ3v) is 5.27. The second-order valence-electron chi connectivity index (χ2n) is 6.61. The number of nitrogens with one attached hydrogen (secondary N) is 2. The molecule has 1 aromatic carbocycles. The van der Waals surface area contributed by atoms with Crippen molar-refractivity contribution in [2.45, 2.75) is 18.9 Å². The van der Waals surface area contributed by atoms with Gasteiger partial charge in [-0.05, 0) is 50.4 Å². The Morgan fingerprint density at radius 3 is 2.89 bits per heavy atom. The zero-order valence-electron chi connectivity index (χ0n) is 15.6. The van der Waals surface area contributed by atoms with Gasteiger partial charge in [0.2, 0.25) is 5.91 Å². The fourth-order valence-electron chi connectivity index (χ4n) is 3.20. The maximum absolute atomic E-state index is 12.9. The van der Waals surface area contributed by atoms with Crippen LogP contribution in [-0.4, -0.2) is 66.4 Å². The van der Waals surface area contributed by atoms with Crippen LogP contribution in [0.5, 0.6) is 0 Å². The number of nitrogens with zero attached hydrogens (tertiary/aromatic N) is 2. The number of hydrogen-bond acceptors (Lipinski definition) is 6. The fraction of sp³-hybridized carbons (Fsp3) is 0.556. The molecule has 1 saturated heterocycles. The molecule has 2 unspecified atom stereocenters. The van der Waals surface area contributed by atoms with E-state index in [-0.39, 0.29) is 17.2 Å². The summed E-state index contributed by atoms with van der Waals surface area (Å²) in [6.07, 6.45) is 3.41. The largest absolute Gasteiger partial charge is 0.341 e. The van der Waals surface area contributed by atoms with E-state index in [4.69, 9.17) is 0 Å². The van der Waals surface area contributed by atoms with Gasteiger partial charge in [0.15, 0.2) is 0 Å². The standard InChI is InChI=1S/C18H26N4O4S/c1-19-11-13-6-8-21(12-13)18(24)16(7-9-27-2)20-17(23)14-4-3-5-15(10-14)22(25)26/h3-5,10,13,16,19H,6-9,11-12H2,1-2H3,(H,20,23). The first-order chi connectivity index (χ1) is 13.0. The summed E-state index contributed by atoms with van der Waals surface area (Å²) in [6.45, 7) is 2.23.